The summed E-state index contributed by atoms with van der Waals surface area (Å²) < 4.78 is 32.2. The summed E-state index contributed by atoms with van der Waals surface area (Å²) in [6, 6.07) is 11.4. The Kier molecular flexibility index (Phi) is 6.93. The predicted molar refractivity (Wildman–Crippen MR) is 108 cm³/mol. The van der Waals surface area contributed by atoms with E-state index in [4.69, 9.17) is 4.74 Å². The van der Waals surface area contributed by atoms with Crippen molar-refractivity contribution in [1.29, 1.82) is 0 Å². The van der Waals surface area contributed by atoms with Gasteiger partial charge in [0.1, 0.15) is 4.21 Å². The number of carbonyl (C=O) groups is 1. The van der Waals surface area contributed by atoms with Gasteiger partial charge in [0, 0.05) is 22.9 Å². The molecular formula is C18H22N2O4S3. The predicted octanol–water partition coefficient (Wildman–Crippen LogP) is 2.49. The van der Waals surface area contributed by atoms with Crippen LogP contribution < -0.4 is 5.32 Å². The Balaban J connectivity index is 1.50. The first-order valence-corrected chi connectivity index (χ1v) is 11.8. The highest BCUT2D eigenvalue weighted by Crippen LogP contribution is 2.25. The number of rotatable bonds is 7. The molecule has 2 aromatic rings. The molecule has 0 bridgehead atoms. The molecule has 1 aromatic carbocycles. The normalized spacial score (nSPS) is 15.6. The first-order chi connectivity index (χ1) is 12.9. The molecule has 1 amide bonds. The Morgan fingerprint density at radius 3 is 2.59 bits per heavy atom. The van der Waals surface area contributed by atoms with Crippen molar-refractivity contribution < 1.29 is 17.9 Å². The molecule has 0 aliphatic carbocycles. The molecule has 1 fully saturated rings. The van der Waals surface area contributed by atoms with E-state index in [1.165, 1.54) is 33.0 Å². The summed E-state index contributed by atoms with van der Waals surface area (Å²) in [5.74, 6) is 0.249. The van der Waals surface area contributed by atoms with Crippen LogP contribution in [0.15, 0.2) is 45.5 Å². The lowest BCUT2D eigenvalue weighted by Gasteiger charge is -2.25. The summed E-state index contributed by atoms with van der Waals surface area (Å²) in [4.78, 5) is 13.9. The lowest BCUT2D eigenvalue weighted by molar-refractivity contribution is -0.118. The second-order valence-electron chi connectivity index (χ2n) is 6.12. The minimum Gasteiger partial charge on any atom is -0.379 e. The number of ether oxygens (including phenoxy) is 1. The average molecular weight is 427 g/mol. The number of morpholine rings is 1. The van der Waals surface area contributed by atoms with E-state index in [9.17, 15) is 13.2 Å². The van der Waals surface area contributed by atoms with E-state index < -0.39 is 10.0 Å². The number of hydrogen-bond acceptors (Lipinski definition) is 6. The highest BCUT2D eigenvalue weighted by Gasteiger charge is 2.27. The van der Waals surface area contributed by atoms with Gasteiger partial charge in [-0.05, 0) is 31.2 Å². The second kappa shape index (κ2) is 9.20. The zero-order valence-electron chi connectivity index (χ0n) is 15.0. The smallest absolute Gasteiger partial charge is 0.252 e. The van der Waals surface area contributed by atoms with Crippen LogP contribution in [0, 0.1) is 6.92 Å². The standard InChI is InChI=1S/C18H22N2O4S3/c1-14-2-4-15(5-3-14)25-13-17(21)19-12-16-6-7-18(26-16)27(22,23)20-8-10-24-11-9-20/h2-7H,8-13H2,1H3,(H,19,21). The van der Waals surface area contributed by atoms with Crippen LogP contribution >= 0.6 is 23.1 Å². The number of nitrogens with zero attached hydrogens (tertiary/aromatic N) is 1. The number of aryl methyl sites for hydroxylation is 1. The Bertz CT molecular complexity index is 872. The van der Waals surface area contributed by atoms with Crippen LogP contribution in [0.4, 0.5) is 0 Å². The molecule has 0 radical (unpaired) electrons. The number of sulfonamides is 1. The number of amides is 1. The quantitative estimate of drug-likeness (QED) is 0.689. The number of hydrogen-bond donors (Lipinski definition) is 1. The van der Waals surface area contributed by atoms with E-state index in [1.54, 1.807) is 12.1 Å². The van der Waals surface area contributed by atoms with Gasteiger partial charge in [-0.1, -0.05) is 17.7 Å². The maximum atomic E-state index is 12.6. The minimum absolute atomic E-state index is 0.0773. The van der Waals surface area contributed by atoms with Gasteiger partial charge in [0.05, 0.1) is 25.5 Å². The maximum absolute atomic E-state index is 12.6. The molecule has 0 saturated carbocycles. The van der Waals surface area contributed by atoms with Crippen LogP contribution in [0.2, 0.25) is 0 Å². The van der Waals surface area contributed by atoms with E-state index in [-0.39, 0.29) is 5.91 Å². The van der Waals surface area contributed by atoms with Crippen molar-refractivity contribution in [3.63, 3.8) is 0 Å². The molecule has 0 atom stereocenters. The summed E-state index contributed by atoms with van der Waals surface area (Å²) in [5.41, 5.74) is 1.18. The van der Waals surface area contributed by atoms with E-state index in [2.05, 4.69) is 5.32 Å². The fraction of sp³-hybridized carbons (Fsp3) is 0.389. The second-order valence-corrected chi connectivity index (χ2v) is 10.5. The van der Waals surface area contributed by atoms with Crippen LogP contribution in [0.3, 0.4) is 0 Å². The summed E-state index contributed by atoms with van der Waals surface area (Å²) in [7, 11) is -3.47. The van der Waals surface area contributed by atoms with E-state index >= 15 is 0 Å². The minimum atomic E-state index is -3.47. The van der Waals surface area contributed by atoms with Gasteiger partial charge in [-0.3, -0.25) is 4.79 Å². The third-order valence-electron chi connectivity index (χ3n) is 4.05. The summed E-state index contributed by atoms with van der Waals surface area (Å²) in [6.45, 7) is 3.95. The van der Waals surface area contributed by atoms with Crippen LogP contribution in [0.1, 0.15) is 10.4 Å². The van der Waals surface area contributed by atoms with Crippen molar-refractivity contribution in [3.8, 4) is 0 Å². The molecule has 1 aliphatic heterocycles. The van der Waals surface area contributed by atoms with Gasteiger partial charge in [0.25, 0.3) is 10.0 Å². The topological polar surface area (TPSA) is 75.7 Å². The van der Waals surface area contributed by atoms with Crippen molar-refractivity contribution in [3.05, 3.63) is 46.8 Å². The third-order valence-corrected chi connectivity index (χ3v) is 8.52. The molecule has 1 aliphatic rings. The highest BCUT2D eigenvalue weighted by atomic mass is 32.2. The highest BCUT2D eigenvalue weighted by molar-refractivity contribution is 8.00. The lowest BCUT2D eigenvalue weighted by Crippen LogP contribution is -2.40. The van der Waals surface area contributed by atoms with Crippen molar-refractivity contribution in [2.45, 2.75) is 22.6 Å². The Morgan fingerprint density at radius 2 is 1.89 bits per heavy atom. The van der Waals surface area contributed by atoms with Crippen LogP contribution in [-0.4, -0.2) is 50.7 Å². The van der Waals surface area contributed by atoms with Gasteiger partial charge in [-0.2, -0.15) is 4.31 Å². The lowest BCUT2D eigenvalue weighted by atomic mass is 10.2. The summed E-state index contributed by atoms with van der Waals surface area (Å²) >= 11 is 2.68. The molecule has 2 heterocycles. The molecule has 1 saturated heterocycles. The molecule has 9 heteroatoms. The molecule has 27 heavy (non-hydrogen) atoms. The number of benzene rings is 1. The number of carbonyl (C=O) groups excluding carboxylic acids is 1. The molecule has 3 rings (SSSR count). The van der Waals surface area contributed by atoms with Crippen LogP contribution in [0.5, 0.6) is 0 Å². The van der Waals surface area contributed by atoms with Gasteiger partial charge in [0.2, 0.25) is 5.91 Å². The number of thioether (sulfide) groups is 1. The molecular weight excluding hydrogens is 404 g/mol. The monoisotopic (exact) mass is 426 g/mol. The zero-order chi connectivity index (χ0) is 19.3. The van der Waals surface area contributed by atoms with Gasteiger partial charge >= 0.3 is 0 Å². The molecule has 1 N–H and O–H groups in total. The van der Waals surface area contributed by atoms with Gasteiger partial charge in [-0.15, -0.1) is 23.1 Å². The molecule has 6 nitrogen and oxygen atoms in total. The molecule has 0 unspecified atom stereocenters. The van der Waals surface area contributed by atoms with Gasteiger partial charge in [0.15, 0.2) is 0 Å². The Morgan fingerprint density at radius 1 is 1.19 bits per heavy atom. The van der Waals surface area contributed by atoms with Crippen LogP contribution in [0.25, 0.3) is 0 Å². The molecule has 1 aromatic heterocycles. The van der Waals surface area contributed by atoms with E-state index in [0.717, 1.165) is 9.77 Å². The summed E-state index contributed by atoms with van der Waals surface area (Å²) in [6.07, 6.45) is 0. The number of nitrogens with one attached hydrogen (secondary N) is 1. The zero-order valence-corrected chi connectivity index (χ0v) is 17.5. The Hall–Kier alpha value is -1.39. The van der Waals surface area contributed by atoms with E-state index in [1.807, 2.05) is 31.2 Å². The fourth-order valence-electron chi connectivity index (χ4n) is 2.53. The van der Waals surface area contributed by atoms with Crippen molar-refractivity contribution in [2.24, 2.45) is 0 Å². The summed E-state index contributed by atoms with van der Waals surface area (Å²) in [5, 5.41) is 2.85. The maximum Gasteiger partial charge on any atom is 0.252 e. The van der Waals surface area contributed by atoms with Crippen molar-refractivity contribution in [1.82, 2.24) is 9.62 Å². The van der Waals surface area contributed by atoms with Crippen LogP contribution in [-0.2, 0) is 26.1 Å². The van der Waals surface area contributed by atoms with Gasteiger partial charge < -0.3 is 10.1 Å². The first-order valence-electron chi connectivity index (χ1n) is 8.58. The largest absolute Gasteiger partial charge is 0.379 e. The molecule has 0 spiro atoms. The van der Waals surface area contributed by atoms with Crippen molar-refractivity contribution >= 4 is 39.0 Å². The molecule has 146 valence electrons. The third kappa shape index (κ3) is 5.55. The van der Waals surface area contributed by atoms with Gasteiger partial charge in [-0.25, -0.2) is 8.42 Å². The average Bonchev–Trinajstić information content (AvgIpc) is 3.16. The number of thiophene rings is 1. The van der Waals surface area contributed by atoms with E-state index in [0.29, 0.717) is 42.8 Å². The van der Waals surface area contributed by atoms with Crippen molar-refractivity contribution in [2.75, 3.05) is 32.1 Å². The fourth-order valence-corrected chi connectivity index (χ4v) is 6.11. The SMILES string of the molecule is Cc1ccc(SCC(=O)NCc2ccc(S(=O)(=O)N3CCOCC3)s2)cc1. The Labute approximate surface area is 168 Å². The first kappa shape index (κ1) is 20.3.